The van der Waals surface area contributed by atoms with Crippen molar-refractivity contribution >= 4 is 0 Å². The second-order valence-electron chi connectivity index (χ2n) is 10.3. The number of nitrogens with zero attached hydrogens (tertiary/aromatic N) is 3. The van der Waals surface area contributed by atoms with E-state index in [1.165, 1.54) is 6.07 Å². The maximum atomic E-state index is 11.0. The van der Waals surface area contributed by atoms with Gasteiger partial charge in [0.1, 0.15) is 36.9 Å². The first kappa shape index (κ1) is 33.3. The molecule has 1 aromatic heterocycles. The summed E-state index contributed by atoms with van der Waals surface area (Å²) in [5, 5.41) is 21.2. The zero-order valence-electron chi connectivity index (χ0n) is 26.3. The summed E-state index contributed by atoms with van der Waals surface area (Å²) in [6.07, 6.45) is 6.36. The number of hydrogen-bond acceptors (Lipinski definition) is 7. The van der Waals surface area contributed by atoms with E-state index in [-0.39, 0.29) is 19.0 Å². The van der Waals surface area contributed by atoms with E-state index in [4.69, 9.17) is 30.8 Å². The fraction of sp³-hybridized carbons (Fsp3) is 0.175. The van der Waals surface area contributed by atoms with Crippen LogP contribution < -0.4 is 4.74 Å². The fourth-order valence-corrected chi connectivity index (χ4v) is 4.35. The van der Waals surface area contributed by atoms with Crippen LogP contribution in [0, 0.1) is 99.4 Å². The van der Waals surface area contributed by atoms with Crippen LogP contribution in [0.15, 0.2) is 54.6 Å². The molecule has 47 heavy (non-hydrogen) atoms. The summed E-state index contributed by atoms with van der Waals surface area (Å²) in [4.78, 5) is 14.4. The highest BCUT2D eigenvalue weighted by Crippen LogP contribution is 2.34. The van der Waals surface area contributed by atoms with Gasteiger partial charge in [-0.1, -0.05) is 47.5 Å². The van der Waals surface area contributed by atoms with Crippen LogP contribution in [-0.2, 0) is 4.74 Å². The molecule has 228 valence electrons. The SMILES string of the molecule is C#CC#CC#CC#CC#CC#COCC(O)COc1ccc(-c2nc(-c3ccc(C)cc3C)nc(-c3ccc(C)cc3C)n2)c(O)c1. The Kier molecular flexibility index (Phi) is 11.7. The van der Waals surface area contributed by atoms with Crippen LogP contribution in [0.1, 0.15) is 22.3 Å². The molecule has 0 fully saturated rings. The first-order valence-electron chi connectivity index (χ1n) is 14.4. The predicted octanol–water partition coefficient (Wildman–Crippen LogP) is 5.18. The Morgan fingerprint density at radius 2 is 1.13 bits per heavy atom. The van der Waals surface area contributed by atoms with Crippen LogP contribution in [-0.4, -0.2) is 44.5 Å². The molecule has 1 unspecified atom stereocenters. The summed E-state index contributed by atoms with van der Waals surface area (Å²) in [5.74, 6) is 25.8. The molecule has 0 aliphatic carbocycles. The Morgan fingerprint density at radius 1 is 0.638 bits per heavy atom. The van der Waals surface area contributed by atoms with Crippen LogP contribution in [0.4, 0.5) is 0 Å². The van der Waals surface area contributed by atoms with Gasteiger partial charge in [-0.25, -0.2) is 15.0 Å². The van der Waals surface area contributed by atoms with E-state index < -0.39 is 6.10 Å². The number of aliphatic hydroxyl groups is 1. The quantitative estimate of drug-likeness (QED) is 0.264. The van der Waals surface area contributed by atoms with Gasteiger partial charge >= 0.3 is 0 Å². The molecule has 0 amide bonds. The third-order valence-electron chi connectivity index (χ3n) is 6.50. The average molecular weight is 616 g/mol. The molecule has 0 saturated carbocycles. The maximum absolute atomic E-state index is 11.0. The number of phenolic OH excluding ortho intramolecular Hbond substituents is 1. The Balaban J connectivity index is 1.47. The van der Waals surface area contributed by atoms with E-state index in [2.05, 4.69) is 77.4 Å². The number of aryl methyl sites for hydroxylation is 4. The lowest BCUT2D eigenvalue weighted by atomic mass is 10.0. The second-order valence-corrected chi connectivity index (χ2v) is 10.3. The minimum absolute atomic E-state index is 0.0865. The van der Waals surface area contributed by atoms with E-state index in [0.717, 1.165) is 33.4 Å². The van der Waals surface area contributed by atoms with Gasteiger partial charge in [0.2, 0.25) is 0 Å². The van der Waals surface area contributed by atoms with Crippen LogP contribution in [0.3, 0.4) is 0 Å². The zero-order valence-corrected chi connectivity index (χ0v) is 26.3. The third kappa shape index (κ3) is 9.69. The number of ether oxygens (including phenoxy) is 2. The highest BCUT2D eigenvalue weighted by molar-refractivity contribution is 5.72. The van der Waals surface area contributed by atoms with Gasteiger partial charge in [0.15, 0.2) is 17.5 Å². The highest BCUT2D eigenvalue weighted by Gasteiger charge is 2.17. The molecule has 1 atom stereocenters. The van der Waals surface area contributed by atoms with Crippen molar-refractivity contribution in [2.75, 3.05) is 13.2 Å². The number of aliphatic hydroxyl groups excluding tert-OH is 1. The van der Waals surface area contributed by atoms with E-state index in [9.17, 15) is 10.2 Å². The van der Waals surface area contributed by atoms with Gasteiger partial charge in [-0.05, 0) is 80.6 Å². The summed E-state index contributed by atoms with van der Waals surface area (Å²) < 4.78 is 10.8. The third-order valence-corrected chi connectivity index (χ3v) is 6.50. The first-order chi connectivity index (χ1) is 22.7. The van der Waals surface area contributed by atoms with Crippen molar-refractivity contribution in [2.24, 2.45) is 0 Å². The number of aromatic hydroxyl groups is 1. The van der Waals surface area contributed by atoms with Crippen molar-refractivity contribution < 1.29 is 19.7 Å². The molecule has 0 radical (unpaired) electrons. The number of benzene rings is 3. The van der Waals surface area contributed by atoms with Crippen molar-refractivity contribution in [3.63, 3.8) is 0 Å². The van der Waals surface area contributed by atoms with Crippen molar-refractivity contribution in [1.29, 1.82) is 0 Å². The van der Waals surface area contributed by atoms with Gasteiger partial charge in [0.25, 0.3) is 0 Å². The van der Waals surface area contributed by atoms with Crippen molar-refractivity contribution in [1.82, 2.24) is 15.0 Å². The summed E-state index contributed by atoms with van der Waals surface area (Å²) in [5.41, 5.74) is 6.49. The molecule has 3 aromatic carbocycles. The minimum Gasteiger partial charge on any atom is -0.507 e. The molecule has 7 nitrogen and oxygen atoms in total. The molecule has 4 aromatic rings. The minimum atomic E-state index is -0.984. The molecule has 0 bridgehead atoms. The van der Waals surface area contributed by atoms with Crippen LogP contribution in [0.2, 0.25) is 0 Å². The van der Waals surface area contributed by atoms with E-state index in [0.29, 0.717) is 28.8 Å². The number of terminal acetylenes is 1. The molecule has 7 heteroatoms. The number of aromatic nitrogens is 3. The van der Waals surface area contributed by atoms with Crippen molar-refractivity contribution in [3.05, 3.63) is 76.9 Å². The molecular weight excluding hydrogens is 586 g/mol. The van der Waals surface area contributed by atoms with Crippen LogP contribution in [0.25, 0.3) is 34.2 Å². The second kappa shape index (κ2) is 16.5. The summed E-state index contributed by atoms with van der Waals surface area (Å²) >= 11 is 0. The topological polar surface area (TPSA) is 97.6 Å². The molecule has 4 rings (SSSR count). The molecule has 0 saturated heterocycles. The highest BCUT2D eigenvalue weighted by atomic mass is 16.5. The van der Waals surface area contributed by atoms with Crippen LogP contribution in [0.5, 0.6) is 11.5 Å². The summed E-state index contributed by atoms with van der Waals surface area (Å²) in [7, 11) is 0. The molecule has 0 aliphatic heterocycles. The van der Waals surface area contributed by atoms with E-state index >= 15 is 0 Å². The average Bonchev–Trinajstić information content (AvgIpc) is 3.04. The molecular formula is C40H29N3O4. The zero-order chi connectivity index (χ0) is 33.6. The Bertz CT molecular complexity index is 2100. The van der Waals surface area contributed by atoms with E-state index in [1.54, 1.807) is 12.1 Å². The number of phenols is 1. The normalized spacial score (nSPS) is 9.96. The monoisotopic (exact) mass is 615 g/mol. The van der Waals surface area contributed by atoms with Crippen LogP contribution >= 0.6 is 0 Å². The Labute approximate surface area is 275 Å². The van der Waals surface area contributed by atoms with Crippen molar-refractivity contribution in [3.8, 4) is 117 Å². The molecule has 0 aliphatic rings. The Hall–Kier alpha value is -6.61. The number of rotatable bonds is 8. The van der Waals surface area contributed by atoms with Gasteiger partial charge in [0, 0.05) is 46.8 Å². The van der Waals surface area contributed by atoms with Gasteiger partial charge in [-0.3, -0.25) is 0 Å². The van der Waals surface area contributed by atoms with Gasteiger partial charge in [-0.2, -0.15) is 0 Å². The van der Waals surface area contributed by atoms with Crippen molar-refractivity contribution in [2.45, 2.75) is 33.8 Å². The lowest BCUT2D eigenvalue weighted by Crippen LogP contribution is -2.22. The largest absolute Gasteiger partial charge is 0.507 e. The number of hydrogen-bond donors (Lipinski definition) is 2. The van der Waals surface area contributed by atoms with Gasteiger partial charge < -0.3 is 19.7 Å². The van der Waals surface area contributed by atoms with E-state index in [1.807, 2.05) is 52.0 Å². The standard InChI is InChI=1S/C40H29N3O4/c1-6-7-8-9-10-11-12-13-14-15-22-46-26-32(44)27-47-33-18-21-36(37(45)25-33)40-42-38(34-19-16-28(2)23-30(34)4)41-39(43-40)35-20-17-29(3)24-31(35)5/h1,16-21,23-25,32,44-45H,26-27H2,2-5H3. The molecule has 0 spiro atoms. The predicted molar refractivity (Wildman–Crippen MR) is 182 cm³/mol. The lowest BCUT2D eigenvalue weighted by molar-refractivity contribution is 0.0526. The van der Waals surface area contributed by atoms with Gasteiger partial charge in [0.05, 0.1) is 5.56 Å². The maximum Gasteiger partial charge on any atom is 0.167 e. The molecule has 1 heterocycles. The smallest absolute Gasteiger partial charge is 0.167 e. The first-order valence-corrected chi connectivity index (χ1v) is 14.4. The Morgan fingerprint density at radius 3 is 1.64 bits per heavy atom. The summed E-state index contributed by atoms with van der Waals surface area (Å²) in [6, 6.07) is 17.0. The summed E-state index contributed by atoms with van der Waals surface area (Å²) in [6.45, 7) is 7.89. The molecule has 2 N–H and O–H groups in total. The lowest BCUT2D eigenvalue weighted by Gasteiger charge is -2.14. The van der Waals surface area contributed by atoms with Gasteiger partial charge in [-0.15, -0.1) is 6.42 Å². The fourth-order valence-electron chi connectivity index (χ4n) is 4.35.